The maximum absolute atomic E-state index is 10.4. The van der Waals surface area contributed by atoms with E-state index in [0.29, 0.717) is 13.2 Å². The molecule has 0 heterocycles. The summed E-state index contributed by atoms with van der Waals surface area (Å²) in [6.45, 7) is 2.75. The molecule has 2 rings (SSSR count). The fourth-order valence-electron chi connectivity index (χ4n) is 2.72. The zero-order chi connectivity index (χ0) is 18.9. The predicted octanol–water partition coefficient (Wildman–Crippen LogP) is 2.80. The highest BCUT2D eigenvalue weighted by atomic mass is 16.5. The van der Waals surface area contributed by atoms with E-state index in [1.165, 1.54) is 0 Å². The average molecular weight is 358 g/mol. The predicted molar refractivity (Wildman–Crippen MR) is 105 cm³/mol. The van der Waals surface area contributed by atoms with E-state index in [0.717, 1.165) is 35.7 Å². The Labute approximate surface area is 156 Å². The third-order valence-corrected chi connectivity index (χ3v) is 4.15. The third kappa shape index (κ3) is 6.33. The lowest BCUT2D eigenvalue weighted by atomic mass is 10.1. The van der Waals surface area contributed by atoms with Gasteiger partial charge in [0, 0.05) is 19.6 Å². The first-order valence-electron chi connectivity index (χ1n) is 8.85. The van der Waals surface area contributed by atoms with E-state index in [-0.39, 0.29) is 0 Å². The molecule has 0 aliphatic carbocycles. The number of ether oxygens (including phenoxy) is 2. The van der Waals surface area contributed by atoms with Gasteiger partial charge in [0.05, 0.1) is 13.2 Å². The van der Waals surface area contributed by atoms with Crippen molar-refractivity contribution in [3.63, 3.8) is 0 Å². The zero-order valence-electron chi connectivity index (χ0n) is 16.2. The van der Waals surface area contributed by atoms with E-state index in [4.69, 9.17) is 9.47 Å². The Morgan fingerprint density at radius 3 is 2.38 bits per heavy atom. The maximum atomic E-state index is 10.4. The van der Waals surface area contributed by atoms with E-state index in [1.807, 2.05) is 69.7 Å². The fourth-order valence-corrected chi connectivity index (χ4v) is 2.72. The van der Waals surface area contributed by atoms with Crippen LogP contribution in [0.1, 0.15) is 17.2 Å². The Kier molecular flexibility index (Phi) is 7.91. The van der Waals surface area contributed by atoms with Gasteiger partial charge in [0.25, 0.3) is 0 Å². The van der Waals surface area contributed by atoms with Crippen molar-refractivity contribution in [1.29, 1.82) is 0 Å². The van der Waals surface area contributed by atoms with Gasteiger partial charge in [-0.05, 0) is 44.4 Å². The second kappa shape index (κ2) is 10.2. The molecule has 2 aromatic carbocycles. The van der Waals surface area contributed by atoms with E-state index in [2.05, 4.69) is 9.80 Å². The number of methoxy groups -OCH3 is 1. The number of benzene rings is 2. The van der Waals surface area contributed by atoms with Crippen LogP contribution in [0.2, 0.25) is 0 Å². The monoisotopic (exact) mass is 358 g/mol. The average Bonchev–Trinajstić information content (AvgIpc) is 2.63. The normalized spacial score (nSPS) is 12.4. The van der Waals surface area contributed by atoms with Gasteiger partial charge in [-0.1, -0.05) is 36.4 Å². The minimum atomic E-state index is -0.503. The standard InChI is InChI=1S/C21H30N2O3/c1-22(2)12-13-26-20-11-10-17(14-21(20)25-4)15-23(3)16-19(24)18-8-6-5-7-9-18/h5-11,14,19,24H,12-13,15-16H2,1-4H3/t19-/m1/s1. The van der Waals surface area contributed by atoms with Crippen LogP contribution in [0.4, 0.5) is 0 Å². The van der Waals surface area contributed by atoms with Gasteiger partial charge in [-0.2, -0.15) is 0 Å². The molecule has 2 aromatic rings. The van der Waals surface area contributed by atoms with Crippen LogP contribution in [0.25, 0.3) is 0 Å². The molecule has 0 saturated heterocycles. The molecule has 0 radical (unpaired) electrons. The van der Waals surface area contributed by atoms with Crippen molar-refractivity contribution in [2.45, 2.75) is 12.6 Å². The number of rotatable bonds is 10. The second-order valence-corrected chi connectivity index (χ2v) is 6.76. The van der Waals surface area contributed by atoms with Gasteiger partial charge in [0.15, 0.2) is 11.5 Å². The second-order valence-electron chi connectivity index (χ2n) is 6.76. The first-order chi connectivity index (χ1) is 12.5. The summed E-state index contributed by atoms with van der Waals surface area (Å²) in [5.41, 5.74) is 2.05. The van der Waals surface area contributed by atoms with Crippen molar-refractivity contribution < 1.29 is 14.6 Å². The van der Waals surface area contributed by atoms with Gasteiger partial charge >= 0.3 is 0 Å². The maximum Gasteiger partial charge on any atom is 0.161 e. The molecule has 26 heavy (non-hydrogen) atoms. The van der Waals surface area contributed by atoms with Crippen molar-refractivity contribution in [1.82, 2.24) is 9.80 Å². The molecule has 0 amide bonds. The van der Waals surface area contributed by atoms with Crippen LogP contribution >= 0.6 is 0 Å². The smallest absolute Gasteiger partial charge is 0.161 e. The molecular formula is C21H30N2O3. The minimum absolute atomic E-state index is 0.503. The Bertz CT molecular complexity index is 662. The fraction of sp³-hybridized carbons (Fsp3) is 0.429. The Balaban J connectivity index is 1.93. The van der Waals surface area contributed by atoms with Gasteiger partial charge < -0.3 is 19.5 Å². The molecule has 0 bridgehead atoms. The van der Waals surface area contributed by atoms with Gasteiger partial charge in [0.2, 0.25) is 0 Å². The molecule has 0 aromatic heterocycles. The molecule has 0 saturated carbocycles. The topological polar surface area (TPSA) is 45.2 Å². The summed E-state index contributed by atoms with van der Waals surface area (Å²) >= 11 is 0. The Morgan fingerprint density at radius 2 is 1.73 bits per heavy atom. The number of hydrogen-bond donors (Lipinski definition) is 1. The lowest BCUT2D eigenvalue weighted by molar-refractivity contribution is 0.124. The van der Waals surface area contributed by atoms with Crippen molar-refractivity contribution in [3.05, 3.63) is 59.7 Å². The lowest BCUT2D eigenvalue weighted by Crippen LogP contribution is -2.24. The highest BCUT2D eigenvalue weighted by Crippen LogP contribution is 2.28. The summed E-state index contributed by atoms with van der Waals surface area (Å²) < 4.78 is 11.3. The van der Waals surface area contributed by atoms with Crippen molar-refractivity contribution in [2.24, 2.45) is 0 Å². The molecule has 0 aliphatic rings. The third-order valence-electron chi connectivity index (χ3n) is 4.15. The van der Waals surface area contributed by atoms with Crippen molar-refractivity contribution in [3.8, 4) is 11.5 Å². The molecule has 1 N–H and O–H groups in total. The molecule has 0 unspecified atom stereocenters. The van der Waals surface area contributed by atoms with Crippen molar-refractivity contribution >= 4 is 0 Å². The summed E-state index contributed by atoms with van der Waals surface area (Å²) in [4.78, 5) is 4.17. The highest BCUT2D eigenvalue weighted by molar-refractivity contribution is 5.43. The van der Waals surface area contributed by atoms with Crippen LogP contribution in [-0.2, 0) is 6.54 Å². The van der Waals surface area contributed by atoms with E-state index in [9.17, 15) is 5.11 Å². The summed E-state index contributed by atoms with van der Waals surface area (Å²) in [5.74, 6) is 1.49. The van der Waals surface area contributed by atoms with Crippen LogP contribution in [-0.4, -0.2) is 62.9 Å². The highest BCUT2D eigenvalue weighted by Gasteiger charge is 2.12. The van der Waals surface area contributed by atoms with Crippen LogP contribution < -0.4 is 9.47 Å². The molecule has 1 atom stereocenters. The molecule has 0 aliphatic heterocycles. The van der Waals surface area contributed by atoms with Crippen molar-refractivity contribution in [2.75, 3.05) is 47.9 Å². The quantitative estimate of drug-likeness (QED) is 0.708. The largest absolute Gasteiger partial charge is 0.493 e. The van der Waals surface area contributed by atoms with Gasteiger partial charge in [-0.25, -0.2) is 0 Å². The molecular weight excluding hydrogens is 328 g/mol. The molecule has 0 spiro atoms. The van der Waals surface area contributed by atoms with Crippen LogP contribution in [0.5, 0.6) is 11.5 Å². The van der Waals surface area contributed by atoms with Gasteiger partial charge in [0.1, 0.15) is 6.61 Å². The van der Waals surface area contributed by atoms with Crippen LogP contribution in [0.15, 0.2) is 48.5 Å². The number of aliphatic hydroxyl groups is 1. The van der Waals surface area contributed by atoms with E-state index >= 15 is 0 Å². The first kappa shape index (κ1) is 20.2. The Hall–Kier alpha value is -2.08. The van der Waals surface area contributed by atoms with E-state index in [1.54, 1.807) is 7.11 Å². The molecule has 5 heteroatoms. The molecule has 0 fully saturated rings. The van der Waals surface area contributed by atoms with Gasteiger partial charge in [-0.3, -0.25) is 4.90 Å². The summed E-state index contributed by atoms with van der Waals surface area (Å²) in [7, 11) is 7.69. The first-order valence-corrected chi connectivity index (χ1v) is 8.85. The number of nitrogens with zero attached hydrogens (tertiary/aromatic N) is 2. The number of hydrogen-bond acceptors (Lipinski definition) is 5. The number of aliphatic hydroxyl groups excluding tert-OH is 1. The zero-order valence-corrected chi connectivity index (χ0v) is 16.2. The summed E-state index contributed by atoms with van der Waals surface area (Å²) in [6, 6.07) is 15.7. The summed E-state index contributed by atoms with van der Waals surface area (Å²) in [6.07, 6.45) is -0.503. The van der Waals surface area contributed by atoms with E-state index < -0.39 is 6.10 Å². The molecule has 5 nitrogen and oxygen atoms in total. The lowest BCUT2D eigenvalue weighted by Gasteiger charge is -2.21. The molecule has 142 valence electrons. The number of likely N-dealkylation sites (N-methyl/N-ethyl adjacent to an activating group) is 2. The van der Waals surface area contributed by atoms with Crippen LogP contribution in [0, 0.1) is 0 Å². The Morgan fingerprint density at radius 1 is 1.00 bits per heavy atom. The van der Waals surface area contributed by atoms with Crippen LogP contribution in [0.3, 0.4) is 0 Å². The minimum Gasteiger partial charge on any atom is -0.493 e. The SMILES string of the molecule is COc1cc(CN(C)C[C@@H](O)c2ccccc2)ccc1OCCN(C)C. The summed E-state index contributed by atoms with van der Waals surface area (Å²) in [5, 5.41) is 10.4. The van der Waals surface area contributed by atoms with Gasteiger partial charge in [-0.15, -0.1) is 0 Å².